The fourth-order valence-electron chi connectivity index (χ4n) is 2.14. The molecule has 0 N–H and O–H groups in total. The smallest absolute Gasteiger partial charge is 0.266 e. The summed E-state index contributed by atoms with van der Waals surface area (Å²) in [5.41, 5.74) is -0.130. The summed E-state index contributed by atoms with van der Waals surface area (Å²) in [6.07, 6.45) is 0.177. The second-order valence-electron chi connectivity index (χ2n) is 6.08. The van der Waals surface area contributed by atoms with Crippen LogP contribution in [0.3, 0.4) is 0 Å². The number of nitrogens with zero attached hydrogens (tertiary/aromatic N) is 3. The van der Waals surface area contributed by atoms with Crippen molar-refractivity contribution in [3.63, 3.8) is 0 Å². The van der Waals surface area contributed by atoms with Crippen molar-refractivity contribution in [1.82, 2.24) is 10.1 Å². The van der Waals surface area contributed by atoms with Crippen LogP contribution in [0.15, 0.2) is 4.52 Å². The van der Waals surface area contributed by atoms with E-state index in [1.54, 1.807) is 7.11 Å². The van der Waals surface area contributed by atoms with Crippen LogP contribution in [-0.2, 0) is 14.9 Å². The summed E-state index contributed by atoms with van der Waals surface area (Å²) in [6.45, 7) is 10.3. The first-order valence-electron chi connectivity index (χ1n) is 6.63. The summed E-state index contributed by atoms with van der Waals surface area (Å²) in [7, 11) is 1.68. The topological polar surface area (TPSA) is 60.6 Å². The summed E-state index contributed by atoms with van der Waals surface area (Å²) < 4.78 is 16.3. The van der Waals surface area contributed by atoms with Crippen molar-refractivity contribution < 1.29 is 14.0 Å². The van der Waals surface area contributed by atoms with Crippen LogP contribution >= 0.6 is 0 Å². The van der Waals surface area contributed by atoms with Crippen LogP contribution in [0.4, 0.5) is 5.95 Å². The Bertz CT molecular complexity index is 414. The third kappa shape index (κ3) is 3.45. The highest BCUT2D eigenvalue weighted by molar-refractivity contribution is 5.30. The van der Waals surface area contributed by atoms with Crippen molar-refractivity contribution in [1.29, 1.82) is 0 Å². The molecule has 2 rings (SSSR count). The Balaban J connectivity index is 2.10. The predicted octanol–water partition coefficient (Wildman–Crippen LogP) is 1.61. The molecule has 0 aliphatic carbocycles. The molecule has 1 aliphatic rings. The molecule has 0 bridgehead atoms. The molecule has 108 valence electrons. The first-order valence-corrected chi connectivity index (χ1v) is 6.63. The van der Waals surface area contributed by atoms with Crippen LogP contribution in [0.1, 0.15) is 33.6 Å². The molecular weight excluding hydrogens is 246 g/mol. The molecular formula is C13H23N3O3. The third-order valence-electron chi connectivity index (χ3n) is 3.02. The average molecular weight is 269 g/mol. The molecule has 6 nitrogen and oxygen atoms in total. The van der Waals surface area contributed by atoms with Gasteiger partial charge in [0, 0.05) is 25.6 Å². The number of rotatable bonds is 3. The van der Waals surface area contributed by atoms with Gasteiger partial charge in [0.25, 0.3) is 5.95 Å². The highest BCUT2D eigenvalue weighted by atomic mass is 16.5. The lowest BCUT2D eigenvalue weighted by Gasteiger charge is -2.35. The predicted molar refractivity (Wildman–Crippen MR) is 71.4 cm³/mol. The summed E-state index contributed by atoms with van der Waals surface area (Å²) in [6, 6.07) is 0. The lowest BCUT2D eigenvalue weighted by molar-refractivity contribution is -0.0515. The summed E-state index contributed by atoms with van der Waals surface area (Å²) in [5, 5.41) is 4.08. The Morgan fingerprint density at radius 1 is 1.37 bits per heavy atom. The van der Waals surface area contributed by atoms with Crippen molar-refractivity contribution in [2.75, 3.05) is 31.7 Å². The van der Waals surface area contributed by atoms with E-state index in [2.05, 4.69) is 35.8 Å². The summed E-state index contributed by atoms with van der Waals surface area (Å²) in [5.74, 6) is 1.30. The molecule has 1 saturated heterocycles. The first-order chi connectivity index (χ1) is 8.90. The quantitative estimate of drug-likeness (QED) is 0.830. The first kappa shape index (κ1) is 14.3. The molecule has 6 heteroatoms. The van der Waals surface area contributed by atoms with Gasteiger partial charge in [0.15, 0.2) is 0 Å². The molecule has 0 saturated carbocycles. The van der Waals surface area contributed by atoms with Gasteiger partial charge in [-0.25, -0.2) is 0 Å². The van der Waals surface area contributed by atoms with Gasteiger partial charge in [-0.1, -0.05) is 20.8 Å². The zero-order valence-corrected chi connectivity index (χ0v) is 12.3. The van der Waals surface area contributed by atoms with Gasteiger partial charge >= 0.3 is 0 Å². The number of hydrogen-bond donors (Lipinski definition) is 0. The van der Waals surface area contributed by atoms with Gasteiger partial charge in [-0.15, -0.1) is 0 Å². The van der Waals surface area contributed by atoms with Gasteiger partial charge in [-0.05, 0) is 12.1 Å². The van der Waals surface area contributed by atoms with Gasteiger partial charge < -0.3 is 18.9 Å². The van der Waals surface area contributed by atoms with E-state index >= 15 is 0 Å². The van der Waals surface area contributed by atoms with Crippen molar-refractivity contribution in [2.24, 2.45) is 0 Å². The Labute approximate surface area is 114 Å². The molecule has 0 amide bonds. The van der Waals surface area contributed by atoms with Gasteiger partial charge in [0.1, 0.15) is 0 Å². The number of aromatic nitrogens is 2. The summed E-state index contributed by atoms with van der Waals surface area (Å²) in [4.78, 5) is 6.58. The van der Waals surface area contributed by atoms with Crippen LogP contribution in [0.5, 0.6) is 0 Å². The third-order valence-corrected chi connectivity index (χ3v) is 3.02. The Kier molecular flexibility index (Phi) is 4.10. The van der Waals surface area contributed by atoms with Crippen molar-refractivity contribution in [3.8, 4) is 0 Å². The van der Waals surface area contributed by atoms with Gasteiger partial charge in [-0.3, -0.25) is 0 Å². The largest absolute Gasteiger partial charge is 0.382 e. The second-order valence-corrected chi connectivity index (χ2v) is 6.08. The van der Waals surface area contributed by atoms with Crippen molar-refractivity contribution in [3.05, 3.63) is 5.89 Å². The Morgan fingerprint density at radius 2 is 2.11 bits per heavy atom. The maximum Gasteiger partial charge on any atom is 0.266 e. The zero-order chi connectivity index (χ0) is 14.0. The number of morpholine rings is 1. The lowest BCUT2D eigenvalue weighted by atomic mass is 9.97. The Morgan fingerprint density at radius 3 is 2.68 bits per heavy atom. The fraction of sp³-hybridized carbons (Fsp3) is 0.846. The van der Waals surface area contributed by atoms with Crippen LogP contribution in [0, 0.1) is 0 Å². The molecule has 2 atom stereocenters. The minimum atomic E-state index is -0.130. The van der Waals surface area contributed by atoms with Gasteiger partial charge in [0.2, 0.25) is 5.89 Å². The zero-order valence-electron chi connectivity index (χ0n) is 12.3. The van der Waals surface area contributed by atoms with Gasteiger partial charge in [-0.2, -0.15) is 4.98 Å². The molecule has 0 aromatic carbocycles. The lowest BCUT2D eigenvalue weighted by Crippen LogP contribution is -2.48. The van der Waals surface area contributed by atoms with Crippen LogP contribution in [-0.4, -0.2) is 49.2 Å². The van der Waals surface area contributed by atoms with Crippen molar-refractivity contribution >= 4 is 5.95 Å². The minimum Gasteiger partial charge on any atom is -0.382 e. The number of hydrogen-bond acceptors (Lipinski definition) is 6. The Hall–Kier alpha value is -1.14. The normalized spacial score (nSPS) is 24.8. The fourth-order valence-corrected chi connectivity index (χ4v) is 2.14. The van der Waals surface area contributed by atoms with Crippen molar-refractivity contribution in [2.45, 2.75) is 45.3 Å². The van der Waals surface area contributed by atoms with Gasteiger partial charge in [0.05, 0.1) is 18.8 Å². The number of ether oxygens (including phenoxy) is 2. The maximum absolute atomic E-state index is 5.80. The average Bonchev–Trinajstić information content (AvgIpc) is 2.77. The molecule has 2 unspecified atom stereocenters. The van der Waals surface area contributed by atoms with E-state index in [9.17, 15) is 0 Å². The molecule has 19 heavy (non-hydrogen) atoms. The van der Waals surface area contributed by atoms with E-state index in [0.29, 0.717) is 18.4 Å². The minimum absolute atomic E-state index is 0.0466. The van der Waals surface area contributed by atoms with E-state index in [-0.39, 0.29) is 17.6 Å². The van der Waals surface area contributed by atoms with E-state index in [4.69, 9.17) is 14.0 Å². The highest BCUT2D eigenvalue weighted by Gasteiger charge is 2.29. The van der Waals surface area contributed by atoms with E-state index in [1.807, 2.05) is 6.92 Å². The monoisotopic (exact) mass is 269 g/mol. The number of methoxy groups -OCH3 is 1. The van der Waals surface area contributed by atoms with E-state index < -0.39 is 0 Å². The standard InChI is InChI=1S/C13H23N3O3/c1-9-6-16(7-10(18-9)8-17-5)12-14-11(19-15-12)13(2,3)4/h9-10H,6-8H2,1-5H3. The van der Waals surface area contributed by atoms with Crippen LogP contribution < -0.4 is 4.90 Å². The van der Waals surface area contributed by atoms with E-state index in [0.717, 1.165) is 13.1 Å². The molecule has 1 fully saturated rings. The molecule has 1 aromatic rings. The molecule has 2 heterocycles. The molecule has 1 aliphatic heterocycles. The molecule has 0 radical (unpaired) electrons. The molecule has 1 aromatic heterocycles. The summed E-state index contributed by atoms with van der Waals surface area (Å²) >= 11 is 0. The SMILES string of the molecule is COCC1CN(c2noc(C(C)(C)C)n2)CC(C)O1. The maximum atomic E-state index is 5.80. The van der Waals surface area contributed by atoms with E-state index in [1.165, 1.54) is 0 Å². The van der Waals surface area contributed by atoms with Crippen LogP contribution in [0.2, 0.25) is 0 Å². The second kappa shape index (κ2) is 5.46. The highest BCUT2D eigenvalue weighted by Crippen LogP contribution is 2.24. The number of anilines is 1. The molecule has 0 spiro atoms. The van der Waals surface area contributed by atoms with Crippen LogP contribution in [0.25, 0.3) is 0 Å².